The van der Waals surface area contributed by atoms with Crippen LogP contribution in [0.3, 0.4) is 0 Å². The Morgan fingerprint density at radius 3 is 2.62 bits per heavy atom. The molecule has 2 N–H and O–H groups in total. The van der Waals surface area contributed by atoms with Crippen LogP contribution in [-0.2, 0) is 20.1 Å². The summed E-state index contributed by atoms with van der Waals surface area (Å²) in [5, 5.41) is 10.9. The molecule has 0 aliphatic rings. The molecule has 0 radical (unpaired) electrons. The molecule has 0 bridgehead atoms. The quantitative estimate of drug-likeness (QED) is 0.437. The van der Waals surface area contributed by atoms with Gasteiger partial charge in [-0.15, -0.1) is 0 Å². The Morgan fingerprint density at radius 1 is 1.22 bits per heavy atom. The average molecular weight is 442 g/mol. The van der Waals surface area contributed by atoms with Crippen molar-refractivity contribution in [1.82, 2.24) is 30.2 Å². The first-order chi connectivity index (χ1) is 15.2. The molecular formula is C24H39N7O. The summed E-state index contributed by atoms with van der Waals surface area (Å²) in [6, 6.07) is 7.66. The zero-order valence-corrected chi connectivity index (χ0v) is 20.6. The minimum atomic E-state index is -0.0560. The van der Waals surface area contributed by atoms with E-state index in [9.17, 15) is 4.79 Å². The van der Waals surface area contributed by atoms with Crippen LogP contribution in [0.25, 0.3) is 0 Å². The van der Waals surface area contributed by atoms with Gasteiger partial charge in [0.15, 0.2) is 5.96 Å². The SMILES string of the molecule is CCNC(=NCc1cccc(C(=O)NCCN(C)C)c1)N(C)Cc1cn(C)nc1C(C)C. The van der Waals surface area contributed by atoms with Crippen molar-refractivity contribution in [2.45, 2.75) is 39.8 Å². The van der Waals surface area contributed by atoms with Gasteiger partial charge in [0.25, 0.3) is 5.91 Å². The minimum Gasteiger partial charge on any atom is -0.357 e. The van der Waals surface area contributed by atoms with E-state index < -0.39 is 0 Å². The largest absolute Gasteiger partial charge is 0.357 e. The molecule has 0 spiro atoms. The number of amides is 1. The number of guanidine groups is 1. The molecule has 1 aromatic carbocycles. The minimum absolute atomic E-state index is 0.0560. The fourth-order valence-corrected chi connectivity index (χ4v) is 3.44. The van der Waals surface area contributed by atoms with E-state index in [1.807, 2.05) is 62.0 Å². The highest BCUT2D eigenvalue weighted by atomic mass is 16.1. The molecule has 0 fully saturated rings. The number of nitrogens with zero attached hydrogens (tertiary/aromatic N) is 5. The third kappa shape index (κ3) is 7.67. The van der Waals surface area contributed by atoms with Gasteiger partial charge in [-0.1, -0.05) is 26.0 Å². The molecule has 176 valence electrons. The van der Waals surface area contributed by atoms with E-state index in [1.165, 1.54) is 5.56 Å². The first-order valence-corrected chi connectivity index (χ1v) is 11.2. The van der Waals surface area contributed by atoms with Crippen LogP contribution >= 0.6 is 0 Å². The molecule has 2 aromatic rings. The van der Waals surface area contributed by atoms with Crippen LogP contribution in [0.2, 0.25) is 0 Å². The van der Waals surface area contributed by atoms with Gasteiger partial charge in [-0.2, -0.15) is 5.10 Å². The second kappa shape index (κ2) is 12.2. The van der Waals surface area contributed by atoms with Crippen LogP contribution in [0, 0.1) is 0 Å². The summed E-state index contributed by atoms with van der Waals surface area (Å²) in [4.78, 5) is 21.4. The van der Waals surface area contributed by atoms with Crippen molar-refractivity contribution in [3.8, 4) is 0 Å². The molecule has 0 aliphatic carbocycles. The third-order valence-corrected chi connectivity index (χ3v) is 5.03. The van der Waals surface area contributed by atoms with Crippen molar-refractivity contribution in [2.75, 3.05) is 40.8 Å². The van der Waals surface area contributed by atoms with E-state index in [1.54, 1.807) is 0 Å². The van der Waals surface area contributed by atoms with Crippen LogP contribution in [0.15, 0.2) is 35.5 Å². The van der Waals surface area contributed by atoms with Crippen molar-refractivity contribution in [3.05, 3.63) is 52.8 Å². The first-order valence-electron chi connectivity index (χ1n) is 11.2. The monoisotopic (exact) mass is 441 g/mol. The molecule has 2 rings (SSSR count). The summed E-state index contributed by atoms with van der Waals surface area (Å²) in [5.74, 6) is 1.14. The number of hydrogen-bond acceptors (Lipinski definition) is 4. The Morgan fingerprint density at radius 2 is 1.97 bits per heavy atom. The normalized spacial score (nSPS) is 11.8. The summed E-state index contributed by atoms with van der Waals surface area (Å²) in [7, 11) is 7.97. The fourth-order valence-electron chi connectivity index (χ4n) is 3.44. The zero-order valence-electron chi connectivity index (χ0n) is 20.6. The smallest absolute Gasteiger partial charge is 0.251 e. The van der Waals surface area contributed by atoms with Gasteiger partial charge >= 0.3 is 0 Å². The van der Waals surface area contributed by atoms with Gasteiger partial charge in [-0.05, 0) is 44.6 Å². The first kappa shape index (κ1) is 25.4. The lowest BCUT2D eigenvalue weighted by Gasteiger charge is -2.22. The molecule has 0 atom stereocenters. The average Bonchev–Trinajstić information content (AvgIpc) is 3.11. The Balaban J connectivity index is 2.09. The lowest BCUT2D eigenvalue weighted by atomic mass is 10.1. The highest BCUT2D eigenvalue weighted by Gasteiger charge is 2.15. The maximum absolute atomic E-state index is 12.4. The Hall–Kier alpha value is -2.87. The van der Waals surface area contributed by atoms with Crippen molar-refractivity contribution in [2.24, 2.45) is 12.0 Å². The molecule has 0 aliphatic heterocycles. The fraction of sp³-hybridized carbons (Fsp3) is 0.542. The van der Waals surface area contributed by atoms with E-state index in [4.69, 9.17) is 4.99 Å². The summed E-state index contributed by atoms with van der Waals surface area (Å²) < 4.78 is 1.87. The van der Waals surface area contributed by atoms with Crippen LogP contribution < -0.4 is 10.6 Å². The van der Waals surface area contributed by atoms with Gasteiger partial charge < -0.3 is 20.4 Å². The number of carbonyl (C=O) groups excluding carboxylic acids is 1. The van der Waals surface area contributed by atoms with Gasteiger partial charge in [-0.3, -0.25) is 9.48 Å². The lowest BCUT2D eigenvalue weighted by Crippen LogP contribution is -2.38. The molecule has 1 amide bonds. The summed E-state index contributed by atoms with van der Waals surface area (Å²) in [5.41, 5.74) is 3.97. The molecule has 32 heavy (non-hydrogen) atoms. The molecular weight excluding hydrogens is 402 g/mol. The molecule has 1 aromatic heterocycles. The van der Waals surface area contributed by atoms with Gasteiger partial charge in [0.1, 0.15) is 0 Å². The van der Waals surface area contributed by atoms with Crippen molar-refractivity contribution in [1.29, 1.82) is 0 Å². The standard InChI is InChI=1S/C24H39N7O/c1-8-25-24(30(6)16-21-17-31(7)28-22(21)18(2)3)27-15-19-10-9-11-20(14-19)23(32)26-12-13-29(4)5/h9-11,14,17-18H,8,12-13,15-16H2,1-7H3,(H,25,27)(H,26,32). The highest BCUT2D eigenvalue weighted by molar-refractivity contribution is 5.94. The predicted molar refractivity (Wildman–Crippen MR) is 131 cm³/mol. The summed E-state index contributed by atoms with van der Waals surface area (Å²) in [6.07, 6.45) is 2.08. The zero-order chi connectivity index (χ0) is 23.7. The number of hydrogen-bond donors (Lipinski definition) is 2. The molecule has 0 saturated heterocycles. The molecule has 8 nitrogen and oxygen atoms in total. The number of aliphatic imine (C=N–C) groups is 1. The Kier molecular flexibility index (Phi) is 9.71. The van der Waals surface area contributed by atoms with E-state index in [2.05, 4.69) is 47.6 Å². The Bertz CT molecular complexity index is 902. The van der Waals surface area contributed by atoms with E-state index in [-0.39, 0.29) is 5.91 Å². The second-order valence-electron chi connectivity index (χ2n) is 8.65. The van der Waals surface area contributed by atoms with Crippen LogP contribution in [0.4, 0.5) is 0 Å². The maximum atomic E-state index is 12.4. The maximum Gasteiger partial charge on any atom is 0.251 e. The van der Waals surface area contributed by atoms with Gasteiger partial charge in [0, 0.05) is 57.6 Å². The third-order valence-electron chi connectivity index (χ3n) is 5.03. The predicted octanol–water partition coefficient (Wildman–Crippen LogP) is 2.43. The topological polar surface area (TPSA) is 77.8 Å². The second-order valence-corrected chi connectivity index (χ2v) is 8.65. The highest BCUT2D eigenvalue weighted by Crippen LogP contribution is 2.18. The molecule has 8 heteroatoms. The lowest BCUT2D eigenvalue weighted by molar-refractivity contribution is 0.0951. The number of aryl methyl sites for hydroxylation is 1. The van der Waals surface area contributed by atoms with Crippen LogP contribution in [0.5, 0.6) is 0 Å². The summed E-state index contributed by atoms with van der Waals surface area (Å²) in [6.45, 7) is 9.81. The van der Waals surface area contributed by atoms with Crippen molar-refractivity contribution >= 4 is 11.9 Å². The van der Waals surface area contributed by atoms with Gasteiger partial charge in [0.05, 0.1) is 12.2 Å². The van der Waals surface area contributed by atoms with E-state index >= 15 is 0 Å². The number of nitrogens with one attached hydrogen (secondary N) is 2. The number of benzene rings is 1. The molecule has 0 unspecified atom stereocenters. The van der Waals surface area contributed by atoms with Crippen molar-refractivity contribution < 1.29 is 4.79 Å². The van der Waals surface area contributed by atoms with E-state index in [0.717, 1.165) is 36.9 Å². The number of likely N-dealkylation sites (N-methyl/N-ethyl adjacent to an activating group) is 1. The Labute approximate surface area is 192 Å². The van der Waals surface area contributed by atoms with Crippen molar-refractivity contribution in [3.63, 3.8) is 0 Å². The summed E-state index contributed by atoms with van der Waals surface area (Å²) >= 11 is 0. The van der Waals surface area contributed by atoms with Gasteiger partial charge in [-0.25, -0.2) is 4.99 Å². The number of aromatic nitrogens is 2. The molecule has 0 saturated carbocycles. The number of carbonyl (C=O) groups is 1. The van der Waals surface area contributed by atoms with Crippen LogP contribution in [-0.4, -0.2) is 72.2 Å². The number of rotatable bonds is 10. The van der Waals surface area contributed by atoms with Crippen LogP contribution in [0.1, 0.15) is 53.9 Å². The van der Waals surface area contributed by atoms with E-state index in [0.29, 0.717) is 24.6 Å². The molecule has 1 heterocycles. The van der Waals surface area contributed by atoms with Gasteiger partial charge in [0.2, 0.25) is 0 Å².